The Labute approximate surface area is 101 Å². The van der Waals surface area contributed by atoms with Gasteiger partial charge in [0.25, 0.3) is 0 Å². The van der Waals surface area contributed by atoms with Crippen molar-refractivity contribution in [2.45, 2.75) is 24.6 Å². The van der Waals surface area contributed by atoms with Crippen LogP contribution in [-0.2, 0) is 0 Å². The van der Waals surface area contributed by atoms with E-state index >= 15 is 0 Å². The molecular formula is C4H12Ge2S5Si2. The van der Waals surface area contributed by atoms with Gasteiger partial charge in [-0.3, -0.25) is 0 Å². The molecule has 0 aromatic heterocycles. The molecule has 0 aromatic rings. The van der Waals surface area contributed by atoms with Gasteiger partial charge in [-0.1, -0.05) is 0 Å². The Morgan fingerprint density at radius 2 is 1.08 bits per heavy atom. The Hall–Kier alpha value is 3.27. The summed E-state index contributed by atoms with van der Waals surface area (Å²) in [4.78, 5) is 0. The van der Waals surface area contributed by atoms with E-state index in [1.807, 2.05) is 0 Å². The average molecular weight is 422 g/mol. The Kier molecular flexibility index (Phi) is 2.61. The molecule has 13 heavy (non-hydrogen) atoms. The third-order valence-corrected chi connectivity index (χ3v) is 221. The Morgan fingerprint density at radius 3 is 1.31 bits per heavy atom. The molecule has 0 aromatic carbocycles. The zero-order chi connectivity index (χ0) is 9.54. The molecule has 4 aliphatic heterocycles. The van der Waals surface area contributed by atoms with Crippen molar-refractivity contribution < 1.29 is 0 Å². The monoisotopic (exact) mass is 424 g/mol. The van der Waals surface area contributed by atoms with Crippen molar-refractivity contribution in [1.29, 1.82) is 0 Å². The molecule has 4 saturated heterocycles. The molecule has 4 heterocycles. The first kappa shape index (κ1) is 11.4. The topological polar surface area (TPSA) is 0 Å². The van der Waals surface area contributed by atoms with E-state index in [-0.39, 0.29) is 0 Å². The van der Waals surface area contributed by atoms with Crippen LogP contribution in [0.25, 0.3) is 0 Å². The summed E-state index contributed by atoms with van der Waals surface area (Å²) in [6.07, 6.45) is 0. The SMILES string of the molecule is C[Si]12[S][Ge]3([CH3])[S][Si]1(C)[S][Ge]([CH3])([S]2)[S]3. The first-order valence-electron chi connectivity index (χ1n) is 4.29. The second-order valence-electron chi connectivity index (χ2n) is 4.13. The van der Waals surface area contributed by atoms with Crippen LogP contribution in [0, 0.1) is 0 Å². The third-order valence-electron chi connectivity index (χ3n) is 2.72. The van der Waals surface area contributed by atoms with Gasteiger partial charge in [0.2, 0.25) is 0 Å². The van der Waals surface area contributed by atoms with Crippen LogP contribution in [-0.4, -0.2) is 31.5 Å². The Balaban J connectivity index is 2.14. The quantitative estimate of drug-likeness (QED) is 0.539. The summed E-state index contributed by atoms with van der Waals surface area (Å²) in [5.41, 5.74) is 0. The van der Waals surface area contributed by atoms with Crippen LogP contribution in [0.1, 0.15) is 0 Å². The molecule has 0 saturated carbocycles. The van der Waals surface area contributed by atoms with Gasteiger partial charge in [0.05, 0.1) is 0 Å². The zero-order valence-electron chi connectivity index (χ0n) is 8.04. The molecule has 0 atom stereocenters. The van der Waals surface area contributed by atoms with E-state index in [2.05, 4.69) is 71.2 Å². The summed E-state index contributed by atoms with van der Waals surface area (Å²) in [7, 11) is 10.3. The van der Waals surface area contributed by atoms with Crippen molar-refractivity contribution in [1.82, 2.24) is 0 Å². The molecule has 0 amide bonds. The van der Waals surface area contributed by atoms with Gasteiger partial charge < -0.3 is 0 Å². The maximum absolute atomic E-state index is 2.72. The van der Waals surface area contributed by atoms with Crippen LogP contribution in [0.4, 0.5) is 0 Å². The maximum atomic E-state index is 2.72. The molecule has 4 fully saturated rings. The predicted molar refractivity (Wildman–Crippen MR) is 84.4 cm³/mol. The molecule has 9 heteroatoms. The molecule has 4 aliphatic rings. The summed E-state index contributed by atoms with van der Waals surface area (Å²) < 4.78 is 0. The van der Waals surface area contributed by atoms with Crippen LogP contribution in [0.5, 0.6) is 0 Å². The molecule has 0 unspecified atom stereocenters. The first-order valence-corrected chi connectivity index (χ1v) is 36.9. The molecular weight excluding hydrogens is 410 g/mol. The average Bonchev–Trinajstić information content (AvgIpc) is 1.96. The van der Waals surface area contributed by atoms with Crippen molar-refractivity contribution >= 4 is 78.0 Å². The van der Waals surface area contributed by atoms with Crippen LogP contribution >= 0.6 is 46.6 Å². The molecule has 4 bridgehead atoms. The second kappa shape index (κ2) is 2.99. The first-order chi connectivity index (χ1) is 5.79. The van der Waals surface area contributed by atoms with E-state index in [1.54, 1.807) is 0 Å². The van der Waals surface area contributed by atoms with E-state index in [0.29, 0.717) is 0 Å². The number of hydrogen-bond donors (Lipinski definition) is 0. The molecule has 4 rings (SSSR count). The Bertz CT molecular complexity index is 258. The van der Waals surface area contributed by atoms with Gasteiger partial charge in [-0.15, -0.1) is 0 Å². The van der Waals surface area contributed by atoms with Crippen LogP contribution in [0.15, 0.2) is 0 Å². The van der Waals surface area contributed by atoms with E-state index in [9.17, 15) is 0 Å². The molecule has 0 N–H and O–H groups in total. The van der Waals surface area contributed by atoms with Gasteiger partial charge in [-0.05, 0) is 0 Å². The fourth-order valence-electron chi connectivity index (χ4n) is 2.29. The normalized spacial score (nSPS) is 69.2. The van der Waals surface area contributed by atoms with E-state index in [4.69, 9.17) is 0 Å². The summed E-state index contributed by atoms with van der Waals surface area (Å²) >= 11 is 0. The summed E-state index contributed by atoms with van der Waals surface area (Å²) in [6, 6.07) is 0. The van der Waals surface area contributed by atoms with E-state index < -0.39 is 31.5 Å². The van der Waals surface area contributed by atoms with Crippen molar-refractivity contribution in [2.24, 2.45) is 0 Å². The molecule has 74 valence electrons. The third kappa shape index (κ3) is 1.50. The predicted octanol–water partition coefficient (Wildman–Crippen LogP) is 4.05. The van der Waals surface area contributed by atoms with Gasteiger partial charge >= 0.3 is 103 Å². The zero-order valence-corrected chi connectivity index (χ0v) is 18.3. The fourth-order valence-corrected chi connectivity index (χ4v) is 551. The molecule has 0 spiro atoms. The second-order valence-corrected chi connectivity index (χ2v) is 97.2. The van der Waals surface area contributed by atoms with Gasteiger partial charge in [0, 0.05) is 0 Å². The van der Waals surface area contributed by atoms with Crippen molar-refractivity contribution in [3.8, 4) is 0 Å². The van der Waals surface area contributed by atoms with Gasteiger partial charge in [-0.25, -0.2) is 0 Å². The number of rotatable bonds is 0. The van der Waals surface area contributed by atoms with Gasteiger partial charge in [0.1, 0.15) is 0 Å². The molecule has 0 radical (unpaired) electrons. The van der Waals surface area contributed by atoms with Crippen molar-refractivity contribution in [3.05, 3.63) is 0 Å². The van der Waals surface area contributed by atoms with E-state index in [1.165, 1.54) is 0 Å². The fraction of sp³-hybridized carbons (Fsp3) is 1.00. The van der Waals surface area contributed by atoms with Crippen LogP contribution < -0.4 is 0 Å². The summed E-state index contributed by atoms with van der Waals surface area (Å²) in [5.74, 6) is 3.82. The van der Waals surface area contributed by atoms with E-state index in [0.717, 1.165) is 0 Å². The number of hydrogen-bond acceptors (Lipinski definition) is 5. The van der Waals surface area contributed by atoms with Crippen LogP contribution in [0.3, 0.4) is 0 Å². The molecule has 0 nitrogen and oxygen atoms in total. The standard InChI is InChI=1S/C4H12Ge2S5Si2/c1-5-7-6(2)10-12(3,8-5)13(4,9-5)11-6/h1-4H3. The minimum atomic E-state index is -1.37. The summed E-state index contributed by atoms with van der Waals surface area (Å²) in [6.45, 7) is 5.45. The van der Waals surface area contributed by atoms with Crippen LogP contribution in [0.2, 0.25) is 24.6 Å². The Morgan fingerprint density at radius 1 is 0.769 bits per heavy atom. The molecule has 0 aliphatic carbocycles. The summed E-state index contributed by atoms with van der Waals surface area (Å²) in [5, 5.41) is 0. The van der Waals surface area contributed by atoms with Gasteiger partial charge in [-0.2, -0.15) is 0 Å². The van der Waals surface area contributed by atoms with Gasteiger partial charge in [0.15, 0.2) is 0 Å². The van der Waals surface area contributed by atoms with Crippen molar-refractivity contribution in [2.75, 3.05) is 0 Å². The van der Waals surface area contributed by atoms with Crippen molar-refractivity contribution in [3.63, 3.8) is 0 Å². The minimum absolute atomic E-state index is 0.791.